The molecule has 0 amide bonds. The van der Waals surface area contributed by atoms with Crippen LogP contribution >= 0.6 is 0 Å². The fourth-order valence-corrected chi connectivity index (χ4v) is 5.68. The number of hydrogen-bond donors (Lipinski definition) is 0. The Kier molecular flexibility index (Phi) is 4.73. The van der Waals surface area contributed by atoms with Crippen molar-refractivity contribution in [2.45, 2.75) is 18.8 Å². The van der Waals surface area contributed by atoms with Gasteiger partial charge in [0.05, 0.1) is 5.41 Å². The molecular weight excluding hydrogens is 396 g/mol. The van der Waals surface area contributed by atoms with Gasteiger partial charge in [0.15, 0.2) is 0 Å². The standard InChI is InChI=1S/C33H26/c1-24-11-9-12-25(21-24)22-26-13-10-16-28(23-26)33(27-14-3-2-4-15-27)31-19-7-5-17-29(31)30-18-6-8-20-32(30)33/h2-21,23H,22H2,1H3. The molecule has 1 aliphatic rings. The van der Waals surface area contributed by atoms with E-state index in [-0.39, 0.29) is 5.41 Å². The van der Waals surface area contributed by atoms with Crippen molar-refractivity contribution in [3.63, 3.8) is 0 Å². The first kappa shape index (κ1) is 19.8. The third-order valence-corrected chi connectivity index (χ3v) is 7.01. The highest BCUT2D eigenvalue weighted by Gasteiger charge is 2.45. The Labute approximate surface area is 196 Å². The van der Waals surface area contributed by atoms with E-state index >= 15 is 0 Å². The lowest BCUT2D eigenvalue weighted by atomic mass is 9.67. The van der Waals surface area contributed by atoms with Crippen LogP contribution < -0.4 is 0 Å². The summed E-state index contributed by atoms with van der Waals surface area (Å²) in [4.78, 5) is 0. The zero-order valence-electron chi connectivity index (χ0n) is 18.8. The Morgan fingerprint density at radius 2 is 1.03 bits per heavy atom. The molecule has 5 aromatic carbocycles. The molecule has 0 atom stereocenters. The third-order valence-electron chi connectivity index (χ3n) is 7.01. The molecule has 33 heavy (non-hydrogen) atoms. The maximum atomic E-state index is 2.42. The van der Waals surface area contributed by atoms with Crippen molar-refractivity contribution in [3.05, 3.63) is 166 Å². The highest BCUT2D eigenvalue weighted by molar-refractivity contribution is 5.86. The van der Waals surface area contributed by atoms with Crippen LogP contribution in [-0.2, 0) is 11.8 Å². The molecule has 0 aliphatic heterocycles. The van der Waals surface area contributed by atoms with Gasteiger partial charge in [0.2, 0.25) is 0 Å². The highest BCUT2D eigenvalue weighted by Crippen LogP contribution is 2.55. The molecule has 0 N–H and O–H groups in total. The van der Waals surface area contributed by atoms with E-state index in [0.29, 0.717) is 0 Å². The largest absolute Gasteiger partial charge is 0.0713 e. The summed E-state index contributed by atoms with van der Waals surface area (Å²) in [6, 6.07) is 46.9. The van der Waals surface area contributed by atoms with Gasteiger partial charge in [0.25, 0.3) is 0 Å². The molecule has 0 heterocycles. The van der Waals surface area contributed by atoms with E-state index in [2.05, 4.69) is 134 Å². The lowest BCUT2D eigenvalue weighted by Crippen LogP contribution is -2.28. The maximum absolute atomic E-state index is 2.42. The lowest BCUT2D eigenvalue weighted by Gasteiger charge is -2.34. The van der Waals surface area contributed by atoms with Crippen molar-refractivity contribution >= 4 is 0 Å². The summed E-state index contributed by atoms with van der Waals surface area (Å²) >= 11 is 0. The molecule has 0 spiro atoms. The SMILES string of the molecule is Cc1cccc(Cc2cccc(C3(c4ccccc4)c4ccccc4-c4ccccc43)c2)c1. The van der Waals surface area contributed by atoms with Crippen molar-refractivity contribution in [2.24, 2.45) is 0 Å². The van der Waals surface area contributed by atoms with Gasteiger partial charge in [-0.15, -0.1) is 0 Å². The average Bonchev–Trinajstić information content (AvgIpc) is 3.16. The van der Waals surface area contributed by atoms with Crippen LogP contribution in [0.3, 0.4) is 0 Å². The van der Waals surface area contributed by atoms with Crippen LogP contribution in [0.4, 0.5) is 0 Å². The van der Waals surface area contributed by atoms with E-state index in [4.69, 9.17) is 0 Å². The molecule has 0 saturated carbocycles. The quantitative estimate of drug-likeness (QED) is 0.270. The van der Waals surface area contributed by atoms with Crippen LogP contribution in [0.2, 0.25) is 0 Å². The first-order valence-corrected chi connectivity index (χ1v) is 11.7. The van der Waals surface area contributed by atoms with Crippen molar-refractivity contribution in [3.8, 4) is 11.1 Å². The predicted molar refractivity (Wildman–Crippen MR) is 138 cm³/mol. The lowest BCUT2D eigenvalue weighted by molar-refractivity contribution is 0.766. The maximum Gasteiger partial charge on any atom is 0.0713 e. The van der Waals surface area contributed by atoms with Gasteiger partial charge in [-0.05, 0) is 57.9 Å². The minimum absolute atomic E-state index is 0.322. The number of rotatable bonds is 4. The minimum Gasteiger partial charge on any atom is -0.0622 e. The molecule has 158 valence electrons. The Morgan fingerprint density at radius 1 is 0.485 bits per heavy atom. The molecular formula is C33H26. The second kappa shape index (κ2) is 7.90. The van der Waals surface area contributed by atoms with E-state index in [9.17, 15) is 0 Å². The number of hydrogen-bond acceptors (Lipinski definition) is 0. The number of aryl methyl sites for hydroxylation is 1. The fraction of sp³-hybridized carbons (Fsp3) is 0.0909. The van der Waals surface area contributed by atoms with Crippen molar-refractivity contribution in [1.29, 1.82) is 0 Å². The van der Waals surface area contributed by atoms with E-state index in [1.807, 2.05) is 0 Å². The van der Waals surface area contributed by atoms with Crippen molar-refractivity contribution in [1.82, 2.24) is 0 Å². The summed E-state index contributed by atoms with van der Waals surface area (Å²) in [5.41, 5.74) is 11.7. The van der Waals surface area contributed by atoms with Gasteiger partial charge in [-0.2, -0.15) is 0 Å². The summed E-state index contributed by atoms with van der Waals surface area (Å²) in [5.74, 6) is 0. The van der Waals surface area contributed by atoms with Gasteiger partial charge >= 0.3 is 0 Å². The Balaban J connectivity index is 1.61. The second-order valence-corrected chi connectivity index (χ2v) is 9.07. The Bertz CT molecular complexity index is 1400. The molecule has 6 rings (SSSR count). The Hall–Kier alpha value is -3.90. The van der Waals surface area contributed by atoms with E-state index < -0.39 is 0 Å². The second-order valence-electron chi connectivity index (χ2n) is 9.07. The number of fused-ring (bicyclic) bond motifs is 3. The first-order valence-electron chi connectivity index (χ1n) is 11.7. The van der Waals surface area contributed by atoms with Gasteiger partial charge in [0, 0.05) is 0 Å². The molecule has 0 fully saturated rings. The van der Waals surface area contributed by atoms with E-state index in [0.717, 1.165) is 6.42 Å². The molecule has 0 heteroatoms. The van der Waals surface area contributed by atoms with Crippen LogP contribution in [0.5, 0.6) is 0 Å². The summed E-state index contributed by atoms with van der Waals surface area (Å²) in [5, 5.41) is 0. The Morgan fingerprint density at radius 3 is 1.70 bits per heavy atom. The summed E-state index contributed by atoms with van der Waals surface area (Å²) in [6.07, 6.45) is 0.934. The fourth-order valence-electron chi connectivity index (χ4n) is 5.68. The number of benzene rings is 5. The van der Waals surface area contributed by atoms with Gasteiger partial charge in [-0.1, -0.05) is 133 Å². The molecule has 0 unspecified atom stereocenters. The predicted octanol–water partition coefficient (Wildman–Crippen LogP) is 7.95. The monoisotopic (exact) mass is 422 g/mol. The topological polar surface area (TPSA) is 0 Å². The molecule has 0 nitrogen and oxygen atoms in total. The van der Waals surface area contributed by atoms with E-state index in [1.165, 1.54) is 50.1 Å². The molecule has 1 aliphatic carbocycles. The molecule has 0 bridgehead atoms. The zero-order chi connectivity index (χ0) is 22.3. The molecule has 5 aromatic rings. The van der Waals surface area contributed by atoms with Gasteiger partial charge in [-0.3, -0.25) is 0 Å². The molecule has 0 radical (unpaired) electrons. The molecule has 0 aromatic heterocycles. The summed E-state index contributed by atoms with van der Waals surface area (Å²) < 4.78 is 0. The van der Waals surface area contributed by atoms with Gasteiger partial charge in [-0.25, -0.2) is 0 Å². The van der Waals surface area contributed by atoms with Crippen LogP contribution in [0.15, 0.2) is 127 Å². The molecule has 0 saturated heterocycles. The van der Waals surface area contributed by atoms with Gasteiger partial charge < -0.3 is 0 Å². The average molecular weight is 423 g/mol. The summed E-state index contributed by atoms with van der Waals surface area (Å²) in [6.45, 7) is 2.16. The smallest absolute Gasteiger partial charge is 0.0622 e. The van der Waals surface area contributed by atoms with Crippen LogP contribution in [0.25, 0.3) is 11.1 Å². The van der Waals surface area contributed by atoms with Crippen LogP contribution in [0, 0.1) is 6.92 Å². The van der Waals surface area contributed by atoms with Gasteiger partial charge in [0.1, 0.15) is 0 Å². The van der Waals surface area contributed by atoms with Crippen LogP contribution in [0.1, 0.15) is 38.9 Å². The zero-order valence-corrected chi connectivity index (χ0v) is 18.8. The minimum atomic E-state index is -0.322. The van der Waals surface area contributed by atoms with Crippen molar-refractivity contribution < 1.29 is 0 Å². The normalized spacial score (nSPS) is 13.4. The van der Waals surface area contributed by atoms with E-state index in [1.54, 1.807) is 0 Å². The summed E-state index contributed by atoms with van der Waals surface area (Å²) in [7, 11) is 0. The first-order chi connectivity index (χ1) is 16.3. The van der Waals surface area contributed by atoms with Crippen LogP contribution in [-0.4, -0.2) is 0 Å². The van der Waals surface area contributed by atoms with Crippen molar-refractivity contribution in [2.75, 3.05) is 0 Å². The highest BCUT2D eigenvalue weighted by atomic mass is 14.5. The third kappa shape index (κ3) is 3.14.